The number of hydrogen-bond donors (Lipinski definition) is 0. The Balaban J connectivity index is 2.85. The van der Waals surface area contributed by atoms with Crippen LogP contribution in [0.15, 0.2) is 30.3 Å². The Bertz CT molecular complexity index is 220. The molecule has 1 aromatic rings. The first-order chi connectivity index (χ1) is 4.84. The summed E-state index contributed by atoms with van der Waals surface area (Å²) in [6.07, 6.45) is 0. The fourth-order valence-corrected chi connectivity index (χ4v) is 1.04. The third-order valence-electron chi connectivity index (χ3n) is 1.09. The Morgan fingerprint density at radius 3 is 2.40 bits per heavy atom. The summed E-state index contributed by atoms with van der Waals surface area (Å²) in [5.41, 5.74) is 0.616. The molecule has 2 nitrogen and oxygen atoms in total. The van der Waals surface area contributed by atoms with E-state index in [1.54, 1.807) is 12.1 Å². The fraction of sp³-hybridized carbons (Fsp3) is 0. The van der Waals surface area contributed by atoms with Crippen LogP contribution in [0.25, 0.3) is 0 Å². The number of carbonyl (C=O) groups excluding carboxylic acids is 1. The van der Waals surface area contributed by atoms with E-state index in [1.165, 1.54) is 0 Å². The molecule has 0 aromatic heterocycles. The van der Waals surface area contributed by atoms with Crippen LogP contribution in [0.5, 0.6) is 0 Å². The second-order valence-electron chi connectivity index (χ2n) is 1.74. The number of benzene rings is 1. The molecule has 0 spiro atoms. The Morgan fingerprint density at radius 1 is 1.30 bits per heavy atom. The summed E-state index contributed by atoms with van der Waals surface area (Å²) in [4.78, 5) is 10.8. The van der Waals surface area contributed by atoms with Gasteiger partial charge >= 0.3 is 74.6 Å². The molecule has 0 aliphatic heterocycles. The van der Waals surface area contributed by atoms with E-state index in [2.05, 4.69) is 2.81 Å². The second-order valence-corrected chi connectivity index (χ2v) is 2.45. The number of rotatable bonds is 1. The monoisotopic (exact) mass is 330 g/mol. The van der Waals surface area contributed by atoms with E-state index in [0.717, 1.165) is 0 Å². The maximum atomic E-state index is 10.8. The maximum absolute atomic E-state index is 10.8. The SMILES string of the molecule is O=C([O][Bi+2])c1ccccc1. The van der Waals surface area contributed by atoms with Gasteiger partial charge in [0.1, 0.15) is 0 Å². The molecule has 1 rings (SSSR count). The van der Waals surface area contributed by atoms with Crippen molar-refractivity contribution in [3.8, 4) is 0 Å². The van der Waals surface area contributed by atoms with Gasteiger partial charge in [0.25, 0.3) is 0 Å². The molecule has 0 fully saturated rings. The average Bonchev–Trinajstić information content (AvgIpc) is 2.05. The summed E-state index contributed by atoms with van der Waals surface area (Å²) in [7, 11) is 0. The average molecular weight is 330 g/mol. The summed E-state index contributed by atoms with van der Waals surface area (Å²) in [5.74, 6) is -0.242. The molecule has 48 valence electrons. The first kappa shape index (κ1) is 7.68. The van der Waals surface area contributed by atoms with Crippen molar-refractivity contribution < 1.29 is 7.61 Å². The van der Waals surface area contributed by atoms with Crippen LogP contribution in [0.2, 0.25) is 0 Å². The van der Waals surface area contributed by atoms with Crippen molar-refractivity contribution in [2.45, 2.75) is 0 Å². The van der Waals surface area contributed by atoms with Gasteiger partial charge in [0.2, 0.25) is 0 Å². The Kier molecular flexibility index (Phi) is 2.82. The molecule has 0 aliphatic rings. The predicted octanol–water partition coefficient (Wildman–Crippen LogP) is 0.927. The molecule has 0 unspecified atom stereocenters. The van der Waals surface area contributed by atoms with Gasteiger partial charge in [-0.05, 0) is 0 Å². The van der Waals surface area contributed by atoms with Gasteiger partial charge in [0.15, 0.2) is 0 Å². The van der Waals surface area contributed by atoms with Crippen LogP contribution < -0.4 is 0 Å². The molecule has 3 heteroatoms. The van der Waals surface area contributed by atoms with Crippen molar-refractivity contribution in [2.75, 3.05) is 0 Å². The van der Waals surface area contributed by atoms with Gasteiger partial charge in [0, 0.05) is 0 Å². The fourth-order valence-electron chi connectivity index (χ4n) is 0.627. The molecular formula is C7H5BiO2+2. The van der Waals surface area contributed by atoms with E-state index in [1.807, 2.05) is 18.2 Å². The van der Waals surface area contributed by atoms with E-state index in [4.69, 9.17) is 0 Å². The van der Waals surface area contributed by atoms with Crippen LogP contribution in [0.3, 0.4) is 0 Å². The molecule has 2 radical (unpaired) electrons. The molecule has 0 bridgehead atoms. The Morgan fingerprint density at radius 2 is 1.90 bits per heavy atom. The van der Waals surface area contributed by atoms with Gasteiger partial charge in [-0.2, -0.15) is 0 Å². The first-order valence-electron chi connectivity index (χ1n) is 2.75. The molecule has 0 saturated heterocycles. The summed E-state index contributed by atoms with van der Waals surface area (Å²) in [6, 6.07) is 8.95. The van der Waals surface area contributed by atoms with Gasteiger partial charge in [-0.15, -0.1) is 0 Å². The van der Waals surface area contributed by atoms with Crippen molar-refractivity contribution in [3.63, 3.8) is 0 Å². The molecule has 0 saturated carbocycles. The van der Waals surface area contributed by atoms with Crippen molar-refractivity contribution in [2.24, 2.45) is 0 Å². The molecule has 0 aliphatic carbocycles. The van der Waals surface area contributed by atoms with Crippen LogP contribution in [0.4, 0.5) is 0 Å². The van der Waals surface area contributed by atoms with Gasteiger partial charge in [0.05, 0.1) is 0 Å². The standard InChI is InChI=1S/C7H6O2.Bi/c8-7(9)6-4-2-1-3-5-6;/h1-5H,(H,8,9);/q;+3/p-1. The van der Waals surface area contributed by atoms with Gasteiger partial charge < -0.3 is 0 Å². The molecule has 10 heavy (non-hydrogen) atoms. The van der Waals surface area contributed by atoms with Crippen LogP contribution >= 0.6 is 0 Å². The van der Waals surface area contributed by atoms with Gasteiger partial charge in [-0.1, -0.05) is 0 Å². The van der Waals surface area contributed by atoms with Crippen LogP contribution in [0, 0.1) is 0 Å². The summed E-state index contributed by atoms with van der Waals surface area (Å²) in [6.45, 7) is 0. The zero-order valence-electron chi connectivity index (χ0n) is 5.15. The van der Waals surface area contributed by atoms with E-state index < -0.39 is 0 Å². The third kappa shape index (κ3) is 1.78. The summed E-state index contributed by atoms with van der Waals surface area (Å²) < 4.78 is 4.61. The molecule has 1 aromatic carbocycles. The number of hydrogen-bond acceptors (Lipinski definition) is 2. The molecular weight excluding hydrogens is 325 g/mol. The minimum atomic E-state index is -0.242. The number of carbonyl (C=O) groups is 1. The van der Waals surface area contributed by atoms with Crippen LogP contribution in [0.1, 0.15) is 10.4 Å². The topological polar surface area (TPSA) is 26.3 Å². The molecule has 0 atom stereocenters. The predicted molar refractivity (Wildman–Crippen MR) is 37.6 cm³/mol. The summed E-state index contributed by atoms with van der Waals surface area (Å²) >= 11 is 0.641. The molecule has 0 heterocycles. The zero-order valence-corrected chi connectivity index (χ0v) is 8.63. The Hall–Kier alpha value is -0.427. The third-order valence-corrected chi connectivity index (χ3v) is 1.74. The quantitative estimate of drug-likeness (QED) is 0.716. The van der Waals surface area contributed by atoms with E-state index in [-0.39, 0.29) is 5.97 Å². The van der Waals surface area contributed by atoms with Gasteiger partial charge in [-0.25, -0.2) is 0 Å². The second kappa shape index (κ2) is 3.67. The normalized spacial score (nSPS) is 8.80. The van der Waals surface area contributed by atoms with Crippen molar-refractivity contribution in [1.82, 2.24) is 0 Å². The van der Waals surface area contributed by atoms with E-state index in [0.29, 0.717) is 30.7 Å². The van der Waals surface area contributed by atoms with Gasteiger partial charge in [-0.3, -0.25) is 0 Å². The Labute approximate surface area is 74.7 Å². The van der Waals surface area contributed by atoms with Crippen molar-refractivity contribution in [3.05, 3.63) is 35.9 Å². The van der Waals surface area contributed by atoms with Crippen LogP contribution in [-0.4, -0.2) is 31.1 Å². The molecule has 0 amide bonds. The van der Waals surface area contributed by atoms with E-state index in [9.17, 15) is 4.79 Å². The zero-order chi connectivity index (χ0) is 7.40. The van der Waals surface area contributed by atoms with Crippen molar-refractivity contribution >= 4 is 31.1 Å². The van der Waals surface area contributed by atoms with Crippen molar-refractivity contribution in [1.29, 1.82) is 0 Å². The van der Waals surface area contributed by atoms with Crippen LogP contribution in [-0.2, 0) is 2.81 Å². The molecule has 0 N–H and O–H groups in total. The minimum absolute atomic E-state index is 0.242. The summed E-state index contributed by atoms with van der Waals surface area (Å²) in [5, 5.41) is 0. The van der Waals surface area contributed by atoms with E-state index >= 15 is 0 Å². The first-order valence-corrected chi connectivity index (χ1v) is 4.17.